The molecule has 1 atom stereocenters. The minimum absolute atomic E-state index is 0.0611. The summed E-state index contributed by atoms with van der Waals surface area (Å²) in [5.74, 6) is 1.11. The van der Waals surface area contributed by atoms with Crippen LogP contribution in [0, 0.1) is 0 Å². The molecule has 2 aliphatic heterocycles. The largest absolute Gasteiger partial charge is 0.497 e. The molecule has 1 unspecified atom stereocenters. The molecular formula is C23H30N4O4. The highest BCUT2D eigenvalue weighted by atomic mass is 16.5. The smallest absolute Gasteiger partial charge is 0.274 e. The molecule has 2 saturated heterocycles. The lowest BCUT2D eigenvalue weighted by Crippen LogP contribution is -2.40. The Bertz CT molecular complexity index is 889. The van der Waals surface area contributed by atoms with Crippen LogP contribution in [-0.2, 0) is 16.0 Å². The van der Waals surface area contributed by atoms with Crippen LogP contribution in [0.5, 0.6) is 5.75 Å². The van der Waals surface area contributed by atoms with Gasteiger partial charge in [-0.15, -0.1) is 0 Å². The van der Waals surface area contributed by atoms with Crippen LogP contribution in [0.15, 0.2) is 30.3 Å². The Morgan fingerprint density at radius 1 is 1.16 bits per heavy atom. The van der Waals surface area contributed by atoms with Crippen molar-refractivity contribution in [3.05, 3.63) is 47.3 Å². The zero-order valence-electron chi connectivity index (χ0n) is 18.0. The number of benzene rings is 1. The van der Waals surface area contributed by atoms with E-state index in [9.17, 15) is 9.59 Å². The number of morpholine rings is 1. The summed E-state index contributed by atoms with van der Waals surface area (Å²) in [6.45, 7) is 3.78. The number of H-pyrrole nitrogens is 1. The van der Waals surface area contributed by atoms with Gasteiger partial charge in [-0.25, -0.2) is 0 Å². The van der Waals surface area contributed by atoms with Crippen LogP contribution in [0.25, 0.3) is 0 Å². The fraction of sp³-hybridized carbons (Fsp3) is 0.522. The van der Waals surface area contributed by atoms with E-state index in [1.807, 2.05) is 35.2 Å². The minimum atomic E-state index is -0.0611. The van der Waals surface area contributed by atoms with Gasteiger partial charge in [-0.1, -0.05) is 12.1 Å². The average Bonchev–Trinajstić information content (AvgIpc) is 3.33. The number of carbonyl (C=O) groups is 2. The van der Waals surface area contributed by atoms with Gasteiger partial charge in [0, 0.05) is 44.2 Å². The van der Waals surface area contributed by atoms with E-state index in [1.54, 1.807) is 12.0 Å². The number of hydrogen-bond donors (Lipinski definition) is 1. The SMILES string of the molecule is COc1ccc(CCC(=O)N2CCCC(c3cc(C(=O)N4CCOCC4)n[nH]3)C2)cc1. The summed E-state index contributed by atoms with van der Waals surface area (Å²) in [4.78, 5) is 29.2. The second kappa shape index (κ2) is 9.96. The Balaban J connectivity index is 1.32. The van der Waals surface area contributed by atoms with E-state index in [0.717, 1.165) is 36.4 Å². The molecular weight excluding hydrogens is 396 g/mol. The molecule has 0 aliphatic carbocycles. The number of aryl methyl sites for hydroxylation is 1. The standard InChI is InChI=1S/C23H30N4O4/c1-30-19-7-4-17(5-8-19)6-9-22(28)27-10-2-3-18(16-27)20-15-21(25-24-20)23(29)26-11-13-31-14-12-26/h4-5,7-8,15,18H,2-3,6,9-14,16H2,1H3,(H,24,25). The molecule has 31 heavy (non-hydrogen) atoms. The predicted octanol–water partition coefficient (Wildman–Crippen LogP) is 2.23. The molecule has 0 saturated carbocycles. The van der Waals surface area contributed by atoms with Gasteiger partial charge in [0.1, 0.15) is 11.4 Å². The lowest BCUT2D eigenvalue weighted by molar-refractivity contribution is -0.132. The minimum Gasteiger partial charge on any atom is -0.497 e. The zero-order chi connectivity index (χ0) is 21.6. The van der Waals surface area contributed by atoms with E-state index in [1.165, 1.54) is 0 Å². The van der Waals surface area contributed by atoms with Gasteiger partial charge in [0.05, 0.1) is 20.3 Å². The summed E-state index contributed by atoms with van der Waals surface area (Å²) in [7, 11) is 1.65. The van der Waals surface area contributed by atoms with Crippen molar-refractivity contribution in [3.63, 3.8) is 0 Å². The Hall–Kier alpha value is -2.87. The second-order valence-corrected chi connectivity index (χ2v) is 8.14. The number of hydrogen-bond acceptors (Lipinski definition) is 5. The van der Waals surface area contributed by atoms with Crippen molar-refractivity contribution in [3.8, 4) is 5.75 Å². The summed E-state index contributed by atoms with van der Waals surface area (Å²) in [5, 5.41) is 7.30. The average molecular weight is 427 g/mol. The summed E-state index contributed by atoms with van der Waals surface area (Å²) in [6.07, 6.45) is 3.13. The number of aromatic amines is 1. The van der Waals surface area contributed by atoms with E-state index in [0.29, 0.717) is 51.4 Å². The highest BCUT2D eigenvalue weighted by Gasteiger charge is 2.27. The van der Waals surface area contributed by atoms with Crippen molar-refractivity contribution < 1.29 is 19.1 Å². The summed E-state index contributed by atoms with van der Waals surface area (Å²) in [6, 6.07) is 9.70. The monoisotopic (exact) mass is 426 g/mol. The number of likely N-dealkylation sites (tertiary alicyclic amines) is 1. The number of ether oxygens (including phenoxy) is 2. The van der Waals surface area contributed by atoms with Crippen LogP contribution in [0.4, 0.5) is 0 Å². The number of nitrogens with one attached hydrogen (secondary N) is 1. The third-order valence-electron chi connectivity index (χ3n) is 6.12. The number of rotatable bonds is 6. The number of carbonyl (C=O) groups excluding carboxylic acids is 2. The maximum absolute atomic E-state index is 12.8. The van der Waals surface area contributed by atoms with Crippen LogP contribution in [0.2, 0.25) is 0 Å². The van der Waals surface area contributed by atoms with Crippen LogP contribution in [0.1, 0.15) is 46.9 Å². The van der Waals surface area contributed by atoms with Crippen molar-refractivity contribution in [1.29, 1.82) is 0 Å². The van der Waals surface area contributed by atoms with Crippen molar-refractivity contribution in [1.82, 2.24) is 20.0 Å². The van der Waals surface area contributed by atoms with Gasteiger partial charge in [-0.3, -0.25) is 14.7 Å². The van der Waals surface area contributed by atoms with Gasteiger partial charge in [0.25, 0.3) is 5.91 Å². The molecule has 3 heterocycles. The van der Waals surface area contributed by atoms with Crippen LogP contribution in [0.3, 0.4) is 0 Å². The molecule has 4 rings (SSSR count). The summed E-state index contributed by atoms with van der Waals surface area (Å²) in [5.41, 5.74) is 2.51. The number of amides is 2. The molecule has 8 heteroatoms. The molecule has 0 radical (unpaired) electrons. The van der Waals surface area contributed by atoms with Gasteiger partial charge < -0.3 is 19.3 Å². The van der Waals surface area contributed by atoms with E-state index in [2.05, 4.69) is 10.2 Å². The first-order valence-corrected chi connectivity index (χ1v) is 11.0. The molecule has 2 aliphatic rings. The van der Waals surface area contributed by atoms with Crippen LogP contribution < -0.4 is 4.74 Å². The Morgan fingerprint density at radius 3 is 2.68 bits per heavy atom. The normalized spacial score (nSPS) is 19.3. The molecule has 8 nitrogen and oxygen atoms in total. The Labute approximate surface area is 182 Å². The third-order valence-corrected chi connectivity index (χ3v) is 6.12. The molecule has 1 N–H and O–H groups in total. The highest BCUT2D eigenvalue weighted by Crippen LogP contribution is 2.27. The summed E-state index contributed by atoms with van der Waals surface area (Å²) < 4.78 is 10.5. The first kappa shape index (κ1) is 21.4. The quantitative estimate of drug-likeness (QED) is 0.765. The van der Waals surface area contributed by atoms with Gasteiger partial charge in [0.15, 0.2) is 0 Å². The van der Waals surface area contributed by atoms with Crippen molar-refractivity contribution in [2.45, 2.75) is 31.6 Å². The van der Waals surface area contributed by atoms with Gasteiger partial charge in [0.2, 0.25) is 5.91 Å². The number of piperidine rings is 1. The number of nitrogens with zero attached hydrogens (tertiary/aromatic N) is 3. The van der Waals surface area contributed by atoms with Crippen LogP contribution in [-0.4, -0.2) is 78.3 Å². The molecule has 1 aromatic heterocycles. The van der Waals surface area contributed by atoms with Crippen molar-refractivity contribution >= 4 is 11.8 Å². The first-order valence-electron chi connectivity index (χ1n) is 11.0. The predicted molar refractivity (Wildman–Crippen MR) is 115 cm³/mol. The topological polar surface area (TPSA) is 87.8 Å². The van der Waals surface area contributed by atoms with Crippen LogP contribution >= 0.6 is 0 Å². The second-order valence-electron chi connectivity index (χ2n) is 8.14. The molecule has 0 spiro atoms. The first-order chi connectivity index (χ1) is 15.1. The van der Waals surface area contributed by atoms with Gasteiger partial charge >= 0.3 is 0 Å². The van der Waals surface area contributed by atoms with E-state index >= 15 is 0 Å². The maximum atomic E-state index is 12.8. The molecule has 1 aromatic carbocycles. The fourth-order valence-electron chi connectivity index (χ4n) is 4.24. The van der Waals surface area contributed by atoms with E-state index in [-0.39, 0.29) is 17.7 Å². The van der Waals surface area contributed by atoms with Gasteiger partial charge in [-0.2, -0.15) is 5.10 Å². The van der Waals surface area contributed by atoms with E-state index in [4.69, 9.17) is 9.47 Å². The lowest BCUT2D eigenvalue weighted by Gasteiger charge is -2.32. The molecule has 2 aromatic rings. The highest BCUT2D eigenvalue weighted by molar-refractivity contribution is 5.92. The maximum Gasteiger partial charge on any atom is 0.274 e. The Morgan fingerprint density at radius 2 is 1.94 bits per heavy atom. The fourth-order valence-corrected chi connectivity index (χ4v) is 4.24. The lowest BCUT2D eigenvalue weighted by atomic mass is 9.94. The Kier molecular flexibility index (Phi) is 6.86. The van der Waals surface area contributed by atoms with E-state index < -0.39 is 0 Å². The zero-order valence-corrected chi connectivity index (χ0v) is 18.0. The number of aromatic nitrogens is 2. The van der Waals surface area contributed by atoms with Crippen molar-refractivity contribution in [2.75, 3.05) is 46.5 Å². The molecule has 2 fully saturated rings. The van der Waals surface area contributed by atoms with Crippen molar-refractivity contribution in [2.24, 2.45) is 0 Å². The van der Waals surface area contributed by atoms with Gasteiger partial charge in [-0.05, 0) is 43.0 Å². The third kappa shape index (κ3) is 5.25. The molecule has 2 amide bonds. The summed E-state index contributed by atoms with van der Waals surface area (Å²) >= 11 is 0. The molecule has 0 bridgehead atoms. The molecule has 166 valence electrons. The number of methoxy groups -OCH3 is 1.